The van der Waals surface area contributed by atoms with Crippen LogP contribution in [0.4, 0.5) is 0 Å². The Hall–Kier alpha value is -1.25. The van der Waals surface area contributed by atoms with Gasteiger partial charge in [-0.1, -0.05) is 6.92 Å². The molecule has 2 N–H and O–H groups in total. The maximum absolute atomic E-state index is 11.1. The normalized spacial score (nSPS) is 10.2. The maximum Gasteiger partial charge on any atom is 0.290 e. The molecule has 1 aromatic rings. The van der Waals surface area contributed by atoms with E-state index in [1.807, 2.05) is 20.8 Å². The summed E-state index contributed by atoms with van der Waals surface area (Å²) in [6, 6.07) is 0. The molecule has 0 radical (unpaired) electrons. The molecule has 0 bridgehead atoms. The third kappa shape index (κ3) is 1.22. The Bertz CT molecular complexity index is 352. The van der Waals surface area contributed by atoms with Gasteiger partial charge in [-0.25, -0.2) is 0 Å². The molecule has 0 aliphatic heterocycles. The van der Waals surface area contributed by atoms with Crippen LogP contribution in [0, 0.1) is 13.8 Å². The van der Waals surface area contributed by atoms with E-state index in [0.717, 1.165) is 16.8 Å². The van der Waals surface area contributed by atoms with Gasteiger partial charge in [-0.15, -0.1) is 0 Å². The van der Waals surface area contributed by atoms with Gasteiger partial charge in [-0.3, -0.25) is 4.79 Å². The first-order valence-corrected chi connectivity index (χ1v) is 3.99. The lowest BCUT2D eigenvalue weighted by molar-refractivity contribution is 0.458. The number of rotatable bonds is 1. The molecule has 12 heavy (non-hydrogen) atoms. The zero-order chi connectivity index (χ0) is 9.30. The molecule has 0 saturated heterocycles. The van der Waals surface area contributed by atoms with Crippen LogP contribution in [0.3, 0.4) is 0 Å². The minimum Gasteiger partial charge on any atom is -0.503 e. The van der Waals surface area contributed by atoms with Gasteiger partial charge in [0.1, 0.15) is 0 Å². The molecule has 0 fully saturated rings. The Morgan fingerprint density at radius 1 is 1.42 bits per heavy atom. The van der Waals surface area contributed by atoms with Crippen molar-refractivity contribution < 1.29 is 5.11 Å². The van der Waals surface area contributed by atoms with Crippen molar-refractivity contribution in [3.05, 3.63) is 27.2 Å². The standard InChI is InChI=1S/C9H13NO2/c1-4-7-5(2)6(3)10-9(12)8(7)11/h11H,4H2,1-3H3,(H,10,12). The second-order valence-electron chi connectivity index (χ2n) is 2.88. The summed E-state index contributed by atoms with van der Waals surface area (Å²) in [5.41, 5.74) is 2.15. The van der Waals surface area contributed by atoms with Gasteiger partial charge < -0.3 is 10.1 Å². The fraction of sp³-hybridized carbons (Fsp3) is 0.444. The van der Waals surface area contributed by atoms with Crippen molar-refractivity contribution in [2.45, 2.75) is 27.2 Å². The van der Waals surface area contributed by atoms with E-state index in [0.29, 0.717) is 6.42 Å². The van der Waals surface area contributed by atoms with Gasteiger partial charge in [0.15, 0.2) is 5.75 Å². The van der Waals surface area contributed by atoms with Crippen LogP contribution in [0.25, 0.3) is 0 Å². The molecule has 0 aliphatic carbocycles. The van der Waals surface area contributed by atoms with Crippen molar-refractivity contribution in [3.63, 3.8) is 0 Å². The van der Waals surface area contributed by atoms with Crippen LogP contribution in [0.15, 0.2) is 4.79 Å². The van der Waals surface area contributed by atoms with Crippen LogP contribution in [0.5, 0.6) is 5.75 Å². The molecule has 0 amide bonds. The number of nitrogens with one attached hydrogen (secondary N) is 1. The zero-order valence-corrected chi connectivity index (χ0v) is 7.56. The van der Waals surface area contributed by atoms with Crippen molar-refractivity contribution in [2.24, 2.45) is 0 Å². The number of aromatic amines is 1. The number of hydrogen-bond donors (Lipinski definition) is 2. The molecule has 3 heteroatoms. The predicted molar refractivity (Wildman–Crippen MR) is 47.6 cm³/mol. The largest absolute Gasteiger partial charge is 0.503 e. The Morgan fingerprint density at radius 3 is 2.50 bits per heavy atom. The summed E-state index contributed by atoms with van der Waals surface area (Å²) in [6.45, 7) is 5.64. The van der Waals surface area contributed by atoms with E-state index in [2.05, 4.69) is 4.98 Å². The fourth-order valence-corrected chi connectivity index (χ4v) is 1.30. The lowest BCUT2D eigenvalue weighted by Crippen LogP contribution is -2.11. The number of hydrogen-bond acceptors (Lipinski definition) is 2. The lowest BCUT2D eigenvalue weighted by Gasteiger charge is -2.07. The molecule has 3 nitrogen and oxygen atoms in total. The Kier molecular flexibility index (Phi) is 2.22. The summed E-state index contributed by atoms with van der Waals surface area (Å²) in [5, 5.41) is 9.36. The Balaban J connectivity index is 3.53. The van der Waals surface area contributed by atoms with Gasteiger partial charge in [0.2, 0.25) is 0 Å². The van der Waals surface area contributed by atoms with Crippen molar-refractivity contribution >= 4 is 0 Å². The van der Waals surface area contributed by atoms with E-state index >= 15 is 0 Å². The lowest BCUT2D eigenvalue weighted by atomic mass is 10.1. The van der Waals surface area contributed by atoms with E-state index in [4.69, 9.17) is 0 Å². The smallest absolute Gasteiger partial charge is 0.290 e. The van der Waals surface area contributed by atoms with Crippen LogP contribution in [-0.2, 0) is 6.42 Å². The molecular formula is C9H13NO2. The molecule has 1 rings (SSSR count). The van der Waals surface area contributed by atoms with E-state index in [1.165, 1.54) is 0 Å². The van der Waals surface area contributed by atoms with Gasteiger partial charge in [0.25, 0.3) is 5.56 Å². The topological polar surface area (TPSA) is 53.1 Å². The average molecular weight is 167 g/mol. The zero-order valence-electron chi connectivity index (χ0n) is 7.56. The number of aromatic nitrogens is 1. The quantitative estimate of drug-likeness (QED) is 0.661. The molecule has 0 aliphatic rings. The van der Waals surface area contributed by atoms with Crippen molar-refractivity contribution in [2.75, 3.05) is 0 Å². The van der Waals surface area contributed by atoms with Crippen LogP contribution < -0.4 is 5.56 Å². The van der Waals surface area contributed by atoms with Crippen molar-refractivity contribution in [3.8, 4) is 5.75 Å². The summed E-state index contributed by atoms with van der Waals surface area (Å²) < 4.78 is 0. The first kappa shape index (κ1) is 8.84. The van der Waals surface area contributed by atoms with Gasteiger partial charge in [-0.2, -0.15) is 0 Å². The highest BCUT2D eigenvalue weighted by atomic mass is 16.3. The van der Waals surface area contributed by atoms with Crippen LogP contribution >= 0.6 is 0 Å². The maximum atomic E-state index is 11.1. The van der Waals surface area contributed by atoms with Crippen molar-refractivity contribution in [1.82, 2.24) is 4.98 Å². The molecule has 66 valence electrons. The summed E-state index contributed by atoms with van der Waals surface area (Å²) in [6.07, 6.45) is 0.683. The van der Waals surface area contributed by atoms with E-state index in [9.17, 15) is 9.90 Å². The molecule has 1 aromatic heterocycles. The van der Waals surface area contributed by atoms with Crippen LogP contribution in [0.1, 0.15) is 23.7 Å². The minimum atomic E-state index is -0.394. The highest BCUT2D eigenvalue weighted by Crippen LogP contribution is 2.17. The number of aryl methyl sites for hydroxylation is 1. The number of pyridine rings is 1. The predicted octanol–water partition coefficient (Wildman–Crippen LogP) is 1.26. The fourth-order valence-electron chi connectivity index (χ4n) is 1.30. The first-order valence-electron chi connectivity index (χ1n) is 3.99. The van der Waals surface area contributed by atoms with Crippen LogP contribution in [-0.4, -0.2) is 10.1 Å². The third-order valence-electron chi connectivity index (χ3n) is 2.17. The SMILES string of the molecule is CCc1c(C)c(C)[nH]c(=O)c1O. The summed E-state index contributed by atoms with van der Waals surface area (Å²) in [4.78, 5) is 13.6. The van der Waals surface area contributed by atoms with E-state index < -0.39 is 5.56 Å². The molecule has 0 unspecified atom stereocenters. The monoisotopic (exact) mass is 167 g/mol. The summed E-state index contributed by atoms with van der Waals surface area (Å²) in [7, 11) is 0. The first-order chi connectivity index (χ1) is 5.57. The second-order valence-corrected chi connectivity index (χ2v) is 2.88. The average Bonchev–Trinajstić information content (AvgIpc) is 2.02. The molecular weight excluding hydrogens is 154 g/mol. The number of aromatic hydroxyl groups is 1. The molecule has 0 spiro atoms. The van der Waals surface area contributed by atoms with E-state index in [1.54, 1.807) is 0 Å². The molecule has 1 heterocycles. The van der Waals surface area contributed by atoms with Gasteiger partial charge in [0.05, 0.1) is 0 Å². The third-order valence-corrected chi connectivity index (χ3v) is 2.17. The number of H-pyrrole nitrogens is 1. The molecule has 0 aromatic carbocycles. The molecule has 0 saturated carbocycles. The summed E-state index contributed by atoms with van der Waals surface area (Å²) in [5.74, 6) is -0.138. The molecule has 0 atom stereocenters. The van der Waals surface area contributed by atoms with Gasteiger partial charge in [0, 0.05) is 11.3 Å². The summed E-state index contributed by atoms with van der Waals surface area (Å²) >= 11 is 0. The highest BCUT2D eigenvalue weighted by Gasteiger charge is 2.08. The van der Waals surface area contributed by atoms with Gasteiger partial charge >= 0.3 is 0 Å². The highest BCUT2D eigenvalue weighted by molar-refractivity contribution is 5.38. The Morgan fingerprint density at radius 2 is 2.00 bits per heavy atom. The van der Waals surface area contributed by atoms with Crippen LogP contribution in [0.2, 0.25) is 0 Å². The minimum absolute atomic E-state index is 0.138. The van der Waals surface area contributed by atoms with Crippen molar-refractivity contribution in [1.29, 1.82) is 0 Å². The second kappa shape index (κ2) is 3.01. The Labute approximate surface area is 71.1 Å². The van der Waals surface area contributed by atoms with Gasteiger partial charge in [-0.05, 0) is 25.8 Å². The van der Waals surface area contributed by atoms with E-state index in [-0.39, 0.29) is 5.75 Å².